The number of aliphatic imine (C=N–C) groups is 1. The first-order chi connectivity index (χ1) is 15.0. The van der Waals surface area contributed by atoms with Gasteiger partial charge in [-0.2, -0.15) is 5.26 Å². The summed E-state index contributed by atoms with van der Waals surface area (Å²) in [5.41, 5.74) is 2.68. The van der Waals surface area contributed by atoms with Gasteiger partial charge in [0, 0.05) is 27.8 Å². The smallest absolute Gasteiger partial charge is 0.316 e. The van der Waals surface area contributed by atoms with Gasteiger partial charge in [0.25, 0.3) is 5.91 Å². The highest BCUT2D eigenvalue weighted by molar-refractivity contribution is 8.14. The molecular weight excluding hydrogens is 430 g/mol. The van der Waals surface area contributed by atoms with Crippen molar-refractivity contribution in [3.05, 3.63) is 63.5 Å². The average molecular weight is 454 g/mol. The lowest BCUT2D eigenvalue weighted by Crippen LogP contribution is -2.31. The SMILES string of the molecule is CCOC(=O)CSC1=NC(C)=C(C(=O)Nc2ccccc2C)[C@H](c2cccs2)C1C#N. The van der Waals surface area contributed by atoms with Crippen molar-refractivity contribution < 1.29 is 14.3 Å². The molecule has 1 aliphatic rings. The van der Waals surface area contributed by atoms with E-state index in [4.69, 9.17) is 4.74 Å². The van der Waals surface area contributed by atoms with E-state index >= 15 is 0 Å². The van der Waals surface area contributed by atoms with Crippen LogP contribution in [0.25, 0.3) is 0 Å². The van der Waals surface area contributed by atoms with E-state index in [-0.39, 0.29) is 17.6 Å². The van der Waals surface area contributed by atoms with Crippen molar-refractivity contribution in [1.82, 2.24) is 0 Å². The minimum Gasteiger partial charge on any atom is -0.465 e. The molecule has 31 heavy (non-hydrogen) atoms. The van der Waals surface area contributed by atoms with E-state index in [0.29, 0.717) is 22.9 Å². The van der Waals surface area contributed by atoms with E-state index < -0.39 is 11.8 Å². The number of hydrogen-bond donors (Lipinski definition) is 1. The molecule has 2 heterocycles. The van der Waals surface area contributed by atoms with E-state index in [1.807, 2.05) is 48.7 Å². The Labute approximate surface area is 190 Å². The fraction of sp³-hybridized carbons (Fsp3) is 0.304. The molecule has 1 aromatic heterocycles. The fourth-order valence-corrected chi connectivity index (χ4v) is 5.19. The van der Waals surface area contributed by atoms with Gasteiger partial charge in [0.1, 0.15) is 5.92 Å². The minimum absolute atomic E-state index is 0.0695. The normalized spacial score (nSPS) is 18.2. The summed E-state index contributed by atoms with van der Waals surface area (Å²) in [5, 5.41) is 15.4. The zero-order chi connectivity index (χ0) is 22.4. The van der Waals surface area contributed by atoms with Crippen LogP contribution in [0, 0.1) is 24.2 Å². The number of rotatable bonds is 6. The molecule has 6 nitrogen and oxygen atoms in total. The molecule has 0 saturated heterocycles. The number of anilines is 1. The summed E-state index contributed by atoms with van der Waals surface area (Å²) in [7, 11) is 0. The highest BCUT2D eigenvalue weighted by atomic mass is 32.2. The van der Waals surface area contributed by atoms with Crippen molar-refractivity contribution in [3.63, 3.8) is 0 Å². The van der Waals surface area contributed by atoms with Crippen molar-refractivity contribution in [2.45, 2.75) is 26.7 Å². The number of para-hydroxylation sites is 1. The van der Waals surface area contributed by atoms with Gasteiger partial charge in [-0.25, -0.2) is 4.99 Å². The molecule has 0 spiro atoms. The molecule has 1 aliphatic heterocycles. The molecular formula is C23H23N3O3S2. The lowest BCUT2D eigenvalue weighted by Gasteiger charge is -2.29. The maximum atomic E-state index is 13.3. The van der Waals surface area contributed by atoms with Gasteiger partial charge in [-0.1, -0.05) is 36.0 Å². The number of thiophene rings is 1. The third-order valence-electron chi connectivity index (χ3n) is 4.85. The van der Waals surface area contributed by atoms with Crippen LogP contribution in [-0.4, -0.2) is 29.3 Å². The van der Waals surface area contributed by atoms with Crippen LogP contribution in [0.5, 0.6) is 0 Å². The Morgan fingerprint density at radius 3 is 2.68 bits per heavy atom. The lowest BCUT2D eigenvalue weighted by atomic mass is 9.82. The Balaban J connectivity index is 1.98. The topological polar surface area (TPSA) is 91.5 Å². The highest BCUT2D eigenvalue weighted by Crippen LogP contribution is 2.43. The second-order valence-corrected chi connectivity index (χ2v) is 8.89. The van der Waals surface area contributed by atoms with Crippen LogP contribution in [0.3, 0.4) is 0 Å². The quantitative estimate of drug-likeness (QED) is 0.628. The van der Waals surface area contributed by atoms with Gasteiger partial charge >= 0.3 is 5.97 Å². The Kier molecular flexibility index (Phi) is 7.66. The number of nitrogens with one attached hydrogen (secondary N) is 1. The first-order valence-corrected chi connectivity index (χ1v) is 11.7. The van der Waals surface area contributed by atoms with Gasteiger partial charge in [0.2, 0.25) is 0 Å². The standard InChI is InChI=1S/C23H23N3O3S2/c1-4-29-19(27)13-31-23-16(12-24)21(18-10-7-11-30-18)20(15(3)25-23)22(28)26-17-9-6-5-8-14(17)2/h5-11,16,21H,4,13H2,1-3H3,(H,26,28)/t16?,21-/m0/s1. The molecule has 3 rings (SSSR count). The Hall–Kier alpha value is -2.89. The maximum absolute atomic E-state index is 13.3. The van der Waals surface area contributed by atoms with Crippen LogP contribution in [0.2, 0.25) is 0 Å². The first kappa shape index (κ1) is 22.8. The van der Waals surface area contributed by atoms with Crippen LogP contribution < -0.4 is 5.32 Å². The van der Waals surface area contributed by atoms with Crippen molar-refractivity contribution in [1.29, 1.82) is 5.26 Å². The highest BCUT2D eigenvalue weighted by Gasteiger charge is 2.39. The van der Waals surface area contributed by atoms with Crippen LogP contribution in [0.4, 0.5) is 5.69 Å². The molecule has 1 amide bonds. The van der Waals surface area contributed by atoms with Gasteiger partial charge in [-0.15, -0.1) is 11.3 Å². The zero-order valence-electron chi connectivity index (χ0n) is 17.5. The number of carbonyl (C=O) groups excluding carboxylic acids is 2. The van der Waals surface area contributed by atoms with Crippen molar-refractivity contribution in [2.75, 3.05) is 17.7 Å². The Morgan fingerprint density at radius 1 is 1.26 bits per heavy atom. The molecule has 8 heteroatoms. The van der Waals surface area contributed by atoms with E-state index in [2.05, 4.69) is 16.4 Å². The number of carbonyl (C=O) groups is 2. The number of thioether (sulfide) groups is 1. The van der Waals surface area contributed by atoms with Gasteiger partial charge < -0.3 is 10.1 Å². The Bertz CT molecular complexity index is 1070. The molecule has 0 fully saturated rings. The predicted octanol–water partition coefficient (Wildman–Crippen LogP) is 4.90. The summed E-state index contributed by atoms with van der Waals surface area (Å²) >= 11 is 2.69. The van der Waals surface area contributed by atoms with Crippen molar-refractivity contribution in [2.24, 2.45) is 10.9 Å². The third kappa shape index (κ3) is 5.24. The van der Waals surface area contributed by atoms with Crippen molar-refractivity contribution >= 4 is 45.7 Å². The molecule has 0 saturated carbocycles. The maximum Gasteiger partial charge on any atom is 0.316 e. The zero-order valence-corrected chi connectivity index (χ0v) is 19.2. The second kappa shape index (κ2) is 10.4. The molecule has 0 bridgehead atoms. The fourth-order valence-electron chi connectivity index (χ4n) is 3.40. The van der Waals surface area contributed by atoms with Gasteiger partial charge in [0.15, 0.2) is 0 Å². The van der Waals surface area contributed by atoms with Gasteiger partial charge in [0.05, 0.1) is 23.5 Å². The number of nitrogens with zero attached hydrogens (tertiary/aromatic N) is 2. The second-order valence-electron chi connectivity index (χ2n) is 6.91. The minimum atomic E-state index is -0.667. The molecule has 0 aliphatic carbocycles. The number of hydrogen-bond acceptors (Lipinski definition) is 7. The number of nitriles is 1. The number of benzene rings is 1. The number of esters is 1. The Morgan fingerprint density at radius 2 is 2.03 bits per heavy atom. The van der Waals surface area contributed by atoms with Crippen LogP contribution in [-0.2, 0) is 14.3 Å². The molecule has 0 radical (unpaired) electrons. The molecule has 2 aromatic rings. The number of amides is 1. The molecule has 1 aromatic carbocycles. The number of ether oxygens (including phenoxy) is 1. The van der Waals surface area contributed by atoms with Crippen molar-refractivity contribution in [3.8, 4) is 6.07 Å². The summed E-state index contributed by atoms with van der Waals surface area (Å²) in [5.74, 6) is -1.69. The van der Waals surface area contributed by atoms with E-state index in [1.165, 1.54) is 23.1 Å². The molecule has 2 atom stereocenters. The average Bonchev–Trinajstić information content (AvgIpc) is 3.28. The van der Waals surface area contributed by atoms with Gasteiger partial charge in [-0.05, 0) is 43.8 Å². The lowest BCUT2D eigenvalue weighted by molar-refractivity contribution is -0.139. The van der Waals surface area contributed by atoms with E-state index in [0.717, 1.165) is 16.1 Å². The predicted molar refractivity (Wildman–Crippen MR) is 125 cm³/mol. The van der Waals surface area contributed by atoms with E-state index in [9.17, 15) is 14.9 Å². The van der Waals surface area contributed by atoms with Crippen LogP contribution >= 0.6 is 23.1 Å². The summed E-state index contributed by atoms with van der Waals surface area (Å²) < 4.78 is 4.99. The van der Waals surface area contributed by atoms with E-state index in [1.54, 1.807) is 13.8 Å². The number of allylic oxidation sites excluding steroid dienone is 1. The molecule has 1 unspecified atom stereocenters. The summed E-state index contributed by atoms with van der Waals surface area (Å²) in [6.07, 6.45) is 0. The summed E-state index contributed by atoms with van der Waals surface area (Å²) in [6.45, 7) is 5.74. The molecule has 1 N–H and O–H groups in total. The first-order valence-electron chi connectivity index (χ1n) is 9.84. The summed E-state index contributed by atoms with van der Waals surface area (Å²) in [6, 6.07) is 13.7. The third-order valence-corrected chi connectivity index (χ3v) is 6.82. The van der Waals surface area contributed by atoms with Crippen LogP contribution in [0.1, 0.15) is 30.2 Å². The molecule has 160 valence electrons. The van der Waals surface area contributed by atoms with Gasteiger partial charge in [-0.3, -0.25) is 9.59 Å². The monoisotopic (exact) mass is 453 g/mol. The number of aryl methyl sites for hydroxylation is 1. The van der Waals surface area contributed by atoms with Crippen LogP contribution in [0.15, 0.2) is 58.0 Å². The largest absolute Gasteiger partial charge is 0.465 e. The summed E-state index contributed by atoms with van der Waals surface area (Å²) in [4.78, 5) is 30.6.